The van der Waals surface area contributed by atoms with Crippen molar-refractivity contribution in [1.82, 2.24) is 9.97 Å². The van der Waals surface area contributed by atoms with Crippen LogP contribution in [0.4, 0.5) is 17.3 Å². The summed E-state index contributed by atoms with van der Waals surface area (Å²) in [7, 11) is 0. The fourth-order valence-electron chi connectivity index (χ4n) is 1.92. The summed E-state index contributed by atoms with van der Waals surface area (Å²) in [5.74, 6) is 6.87. The first kappa shape index (κ1) is 13.8. The van der Waals surface area contributed by atoms with Crippen LogP contribution in [-0.2, 0) is 6.42 Å². The van der Waals surface area contributed by atoms with Crippen LogP contribution in [0.5, 0.6) is 0 Å². The number of anilines is 3. The second kappa shape index (κ2) is 5.99. The molecule has 0 amide bonds. The van der Waals surface area contributed by atoms with Crippen molar-refractivity contribution in [2.24, 2.45) is 5.84 Å². The minimum Gasteiger partial charge on any atom is -0.340 e. The van der Waals surface area contributed by atoms with Crippen LogP contribution in [0.2, 0.25) is 0 Å². The molecule has 1 aromatic carbocycles. The second-order valence-electron chi connectivity index (χ2n) is 4.19. The van der Waals surface area contributed by atoms with Gasteiger partial charge in [0.2, 0.25) is 0 Å². The average molecular weight is 322 g/mol. The molecule has 0 saturated carbocycles. The Bertz CT molecular complexity index is 565. The third-order valence-corrected chi connectivity index (χ3v) is 3.20. The quantitative estimate of drug-likeness (QED) is 0.595. The van der Waals surface area contributed by atoms with Crippen LogP contribution in [0.15, 0.2) is 29.0 Å². The molecule has 0 bridgehead atoms. The van der Waals surface area contributed by atoms with E-state index in [1.54, 1.807) is 0 Å². The normalized spacial score (nSPS) is 10.3. The van der Waals surface area contributed by atoms with E-state index in [-0.39, 0.29) is 0 Å². The van der Waals surface area contributed by atoms with Crippen molar-refractivity contribution in [1.29, 1.82) is 0 Å². The lowest BCUT2D eigenvalue weighted by Gasteiger charge is -2.13. The number of hydrogen-bond acceptors (Lipinski definition) is 5. The van der Waals surface area contributed by atoms with E-state index in [1.165, 1.54) is 11.9 Å². The van der Waals surface area contributed by atoms with Crippen molar-refractivity contribution in [3.63, 3.8) is 0 Å². The molecule has 0 atom stereocenters. The molecule has 5 nitrogen and oxygen atoms in total. The first-order valence-electron chi connectivity index (χ1n) is 5.98. The Morgan fingerprint density at radius 2 is 1.95 bits per heavy atom. The Balaban J connectivity index is 2.37. The zero-order chi connectivity index (χ0) is 13.8. The van der Waals surface area contributed by atoms with Gasteiger partial charge in [0.25, 0.3) is 0 Å². The van der Waals surface area contributed by atoms with Gasteiger partial charge in [-0.15, -0.1) is 0 Å². The van der Waals surface area contributed by atoms with E-state index in [4.69, 9.17) is 5.84 Å². The molecule has 1 aromatic heterocycles. The van der Waals surface area contributed by atoms with Gasteiger partial charge in [0.05, 0.1) is 0 Å². The van der Waals surface area contributed by atoms with Gasteiger partial charge >= 0.3 is 0 Å². The van der Waals surface area contributed by atoms with Gasteiger partial charge in [-0.05, 0) is 37.1 Å². The van der Waals surface area contributed by atoms with Crippen LogP contribution in [0, 0.1) is 6.92 Å². The number of hydrogen-bond donors (Lipinski definition) is 3. The zero-order valence-corrected chi connectivity index (χ0v) is 12.5. The SMILES string of the molecule is CCc1c(NN)ncnc1Nc1cc(C)cc(Br)c1. The van der Waals surface area contributed by atoms with Crippen LogP contribution in [0.25, 0.3) is 0 Å². The summed E-state index contributed by atoms with van der Waals surface area (Å²) in [5.41, 5.74) is 5.70. The van der Waals surface area contributed by atoms with Gasteiger partial charge in [0.1, 0.15) is 18.0 Å². The Hall–Kier alpha value is -1.66. The Labute approximate surface area is 120 Å². The molecule has 0 aliphatic rings. The fourth-order valence-corrected chi connectivity index (χ4v) is 2.53. The Kier molecular flexibility index (Phi) is 4.34. The minimum atomic E-state index is 0.645. The van der Waals surface area contributed by atoms with E-state index >= 15 is 0 Å². The van der Waals surface area contributed by atoms with Crippen molar-refractivity contribution in [2.45, 2.75) is 20.3 Å². The minimum absolute atomic E-state index is 0.645. The molecular weight excluding hydrogens is 306 g/mol. The van der Waals surface area contributed by atoms with Gasteiger partial charge in [-0.2, -0.15) is 0 Å². The van der Waals surface area contributed by atoms with Crippen LogP contribution < -0.4 is 16.6 Å². The third-order valence-electron chi connectivity index (χ3n) is 2.74. The smallest absolute Gasteiger partial charge is 0.148 e. The highest BCUT2D eigenvalue weighted by Crippen LogP contribution is 2.26. The highest BCUT2D eigenvalue weighted by molar-refractivity contribution is 9.10. The number of halogens is 1. The van der Waals surface area contributed by atoms with Crippen molar-refractivity contribution in [3.05, 3.63) is 40.1 Å². The van der Waals surface area contributed by atoms with Gasteiger partial charge in [0.15, 0.2) is 0 Å². The molecule has 100 valence electrons. The number of nitrogens with one attached hydrogen (secondary N) is 2. The lowest BCUT2D eigenvalue weighted by Crippen LogP contribution is -2.13. The fraction of sp³-hybridized carbons (Fsp3) is 0.231. The first-order chi connectivity index (χ1) is 9.13. The summed E-state index contributed by atoms with van der Waals surface area (Å²) in [6.45, 7) is 4.08. The highest BCUT2D eigenvalue weighted by Gasteiger charge is 2.09. The lowest BCUT2D eigenvalue weighted by atomic mass is 10.2. The maximum atomic E-state index is 5.46. The third kappa shape index (κ3) is 3.21. The number of benzene rings is 1. The molecule has 0 saturated heterocycles. The number of rotatable bonds is 4. The van der Waals surface area contributed by atoms with Crippen LogP contribution in [0.1, 0.15) is 18.1 Å². The van der Waals surface area contributed by atoms with Gasteiger partial charge in [-0.3, -0.25) is 0 Å². The van der Waals surface area contributed by atoms with Crippen molar-refractivity contribution in [2.75, 3.05) is 10.7 Å². The van der Waals surface area contributed by atoms with Gasteiger partial charge < -0.3 is 10.7 Å². The highest BCUT2D eigenvalue weighted by atomic mass is 79.9. The van der Waals surface area contributed by atoms with Crippen LogP contribution >= 0.6 is 15.9 Å². The molecule has 2 aromatic rings. The average Bonchev–Trinajstić information content (AvgIpc) is 2.37. The van der Waals surface area contributed by atoms with E-state index < -0.39 is 0 Å². The lowest BCUT2D eigenvalue weighted by molar-refractivity contribution is 1.04. The molecule has 0 aliphatic heterocycles. The molecule has 0 unspecified atom stereocenters. The molecule has 4 N–H and O–H groups in total. The largest absolute Gasteiger partial charge is 0.340 e. The molecule has 1 heterocycles. The van der Waals surface area contributed by atoms with E-state index in [0.717, 1.165) is 28.0 Å². The monoisotopic (exact) mass is 321 g/mol. The van der Waals surface area contributed by atoms with Gasteiger partial charge in [-0.1, -0.05) is 22.9 Å². The summed E-state index contributed by atoms with van der Waals surface area (Å²) in [4.78, 5) is 8.39. The number of nitrogen functional groups attached to an aromatic ring is 1. The second-order valence-corrected chi connectivity index (χ2v) is 5.11. The summed E-state index contributed by atoms with van der Waals surface area (Å²) in [6, 6.07) is 6.12. The Morgan fingerprint density at radius 3 is 2.58 bits per heavy atom. The number of nitrogens with two attached hydrogens (primary N) is 1. The van der Waals surface area contributed by atoms with Gasteiger partial charge in [0, 0.05) is 15.7 Å². The summed E-state index contributed by atoms with van der Waals surface area (Å²) >= 11 is 3.48. The summed E-state index contributed by atoms with van der Waals surface area (Å²) in [6.07, 6.45) is 2.28. The van der Waals surface area contributed by atoms with Crippen LogP contribution in [0.3, 0.4) is 0 Å². The van der Waals surface area contributed by atoms with E-state index in [1.807, 2.05) is 19.9 Å². The summed E-state index contributed by atoms with van der Waals surface area (Å²) in [5, 5.41) is 3.30. The predicted molar refractivity (Wildman–Crippen MR) is 81.4 cm³/mol. The number of nitrogens with zero attached hydrogens (tertiary/aromatic N) is 2. The molecule has 2 rings (SSSR count). The van der Waals surface area contributed by atoms with Crippen LogP contribution in [-0.4, -0.2) is 9.97 Å². The maximum absolute atomic E-state index is 5.46. The molecule has 0 aliphatic carbocycles. The number of hydrazine groups is 1. The number of aryl methyl sites for hydroxylation is 1. The van der Waals surface area contributed by atoms with Crippen molar-refractivity contribution >= 4 is 33.3 Å². The Morgan fingerprint density at radius 1 is 1.21 bits per heavy atom. The molecular formula is C13H16BrN5. The molecule has 0 spiro atoms. The molecule has 19 heavy (non-hydrogen) atoms. The standard InChI is InChI=1S/C13H16BrN5/c1-3-11-12(16-7-17-13(11)19-15)18-10-5-8(2)4-9(14)6-10/h4-7H,3,15H2,1-2H3,(H2,16,17,18,19). The van der Waals surface area contributed by atoms with Crippen molar-refractivity contribution in [3.8, 4) is 0 Å². The predicted octanol–water partition coefficient (Wildman–Crippen LogP) is 3.14. The van der Waals surface area contributed by atoms with E-state index in [0.29, 0.717) is 5.82 Å². The maximum Gasteiger partial charge on any atom is 0.148 e. The zero-order valence-electron chi connectivity index (χ0n) is 10.9. The van der Waals surface area contributed by atoms with E-state index in [9.17, 15) is 0 Å². The number of aromatic nitrogens is 2. The molecule has 6 heteroatoms. The molecule has 0 radical (unpaired) electrons. The van der Waals surface area contributed by atoms with Crippen molar-refractivity contribution < 1.29 is 0 Å². The first-order valence-corrected chi connectivity index (χ1v) is 6.78. The topological polar surface area (TPSA) is 75.9 Å². The molecule has 0 fully saturated rings. The van der Waals surface area contributed by atoms with Gasteiger partial charge in [-0.25, -0.2) is 15.8 Å². The summed E-state index contributed by atoms with van der Waals surface area (Å²) < 4.78 is 1.03. The van der Waals surface area contributed by atoms with E-state index in [2.05, 4.69) is 48.8 Å².